The van der Waals surface area contributed by atoms with Gasteiger partial charge >= 0.3 is 0 Å². The van der Waals surface area contributed by atoms with Crippen molar-refractivity contribution in [2.75, 3.05) is 12.8 Å². The summed E-state index contributed by atoms with van der Waals surface area (Å²) in [5, 5.41) is 13.1. The van der Waals surface area contributed by atoms with E-state index in [1.54, 1.807) is 11.8 Å². The number of fused-ring (bicyclic) bond motifs is 1. The summed E-state index contributed by atoms with van der Waals surface area (Å²) in [5.74, 6) is 0.939. The Morgan fingerprint density at radius 1 is 1.69 bits per heavy atom. The van der Waals surface area contributed by atoms with Crippen LogP contribution in [0.5, 0.6) is 0 Å². The highest BCUT2D eigenvalue weighted by atomic mass is 32.2. The molecule has 0 radical (unpaired) electrons. The first-order chi connectivity index (χ1) is 6.24. The van der Waals surface area contributed by atoms with Crippen LogP contribution in [0.4, 0.5) is 0 Å². The van der Waals surface area contributed by atoms with E-state index in [9.17, 15) is 5.11 Å². The van der Waals surface area contributed by atoms with Gasteiger partial charge in [0, 0.05) is 29.9 Å². The smallest absolute Gasteiger partial charge is 0.111 e. The monoisotopic (exact) mass is 198 g/mol. The molecular weight excluding hydrogens is 184 g/mol. The maximum atomic E-state index is 9.99. The van der Waals surface area contributed by atoms with Crippen LogP contribution in [-0.4, -0.2) is 28.5 Å². The Labute approximate surface area is 82.1 Å². The Morgan fingerprint density at radius 2 is 2.46 bits per heavy atom. The van der Waals surface area contributed by atoms with Gasteiger partial charge < -0.3 is 15.0 Å². The van der Waals surface area contributed by atoms with E-state index in [1.807, 2.05) is 24.9 Å². The molecule has 0 spiro atoms. The molecule has 0 amide bonds. The zero-order valence-electron chi connectivity index (χ0n) is 7.82. The number of aromatic nitrogens is 1. The molecule has 0 aromatic carbocycles. The Bertz CT molecular complexity index is 311. The van der Waals surface area contributed by atoms with Gasteiger partial charge in [0.2, 0.25) is 0 Å². The van der Waals surface area contributed by atoms with Crippen molar-refractivity contribution < 1.29 is 5.11 Å². The molecule has 3 nitrogen and oxygen atoms in total. The van der Waals surface area contributed by atoms with E-state index in [0.29, 0.717) is 0 Å². The second kappa shape index (κ2) is 3.36. The van der Waals surface area contributed by atoms with Gasteiger partial charge in [-0.2, -0.15) is 0 Å². The predicted octanol–water partition coefficient (Wildman–Crippen LogP) is 0.752. The lowest BCUT2D eigenvalue weighted by atomic mass is 10.1. The summed E-state index contributed by atoms with van der Waals surface area (Å²) in [6.07, 6.45) is 1.63. The molecule has 2 atom stereocenters. The molecule has 13 heavy (non-hydrogen) atoms. The first kappa shape index (κ1) is 9.12. The average Bonchev–Trinajstić information content (AvgIpc) is 2.49. The molecule has 2 N–H and O–H groups in total. The van der Waals surface area contributed by atoms with Crippen LogP contribution in [0.1, 0.15) is 11.8 Å². The summed E-state index contributed by atoms with van der Waals surface area (Å²) >= 11 is 1.80. The Kier molecular flexibility index (Phi) is 2.36. The molecule has 1 aromatic rings. The number of aliphatic hydroxyl groups excluding tert-OH is 1. The quantitative estimate of drug-likeness (QED) is 0.699. The van der Waals surface area contributed by atoms with E-state index >= 15 is 0 Å². The number of hydrogen-bond acceptors (Lipinski definition) is 3. The van der Waals surface area contributed by atoms with Crippen LogP contribution in [0.25, 0.3) is 0 Å². The van der Waals surface area contributed by atoms with E-state index in [0.717, 1.165) is 11.4 Å². The van der Waals surface area contributed by atoms with Crippen LogP contribution in [0.2, 0.25) is 0 Å². The summed E-state index contributed by atoms with van der Waals surface area (Å²) in [6.45, 7) is 0. The molecule has 1 aliphatic rings. The zero-order valence-corrected chi connectivity index (χ0v) is 8.64. The van der Waals surface area contributed by atoms with E-state index in [1.165, 1.54) is 4.90 Å². The molecule has 0 saturated carbocycles. The van der Waals surface area contributed by atoms with Gasteiger partial charge in [-0.3, -0.25) is 0 Å². The second-order valence-electron chi connectivity index (χ2n) is 3.33. The minimum atomic E-state index is -0.374. The van der Waals surface area contributed by atoms with Crippen molar-refractivity contribution in [2.45, 2.75) is 17.0 Å². The molecule has 72 valence electrons. The van der Waals surface area contributed by atoms with Gasteiger partial charge in [-0.1, -0.05) is 0 Å². The van der Waals surface area contributed by atoms with Crippen molar-refractivity contribution in [3.63, 3.8) is 0 Å². The number of likely N-dealkylation sites (N-methyl/N-ethyl adjacent to an activating group) is 1. The summed E-state index contributed by atoms with van der Waals surface area (Å²) in [4.78, 5) is 1.21. The largest absolute Gasteiger partial charge is 0.385 e. The fourth-order valence-corrected chi connectivity index (χ4v) is 2.98. The molecule has 2 rings (SSSR count). The molecule has 0 aliphatic carbocycles. The molecule has 2 unspecified atom stereocenters. The van der Waals surface area contributed by atoms with Gasteiger partial charge in [-0.15, -0.1) is 11.8 Å². The summed E-state index contributed by atoms with van der Waals surface area (Å²) in [7, 11) is 3.86. The van der Waals surface area contributed by atoms with Gasteiger partial charge in [0.15, 0.2) is 0 Å². The molecule has 0 saturated heterocycles. The molecule has 0 fully saturated rings. The second-order valence-corrected chi connectivity index (χ2v) is 4.39. The highest BCUT2D eigenvalue weighted by Gasteiger charge is 2.29. The third kappa shape index (κ3) is 1.39. The van der Waals surface area contributed by atoms with Gasteiger partial charge in [-0.05, 0) is 13.1 Å². The standard InChI is InChI=1S/C9H14N2OS/c1-10-6-5-13-7-3-4-11(2)8(7)9(6)12/h3-4,6,9-10,12H,5H2,1-2H3. The number of thioether (sulfide) groups is 1. The summed E-state index contributed by atoms with van der Waals surface area (Å²) < 4.78 is 2.00. The number of nitrogens with zero attached hydrogens (tertiary/aromatic N) is 1. The lowest BCUT2D eigenvalue weighted by Crippen LogP contribution is -2.37. The topological polar surface area (TPSA) is 37.2 Å². The van der Waals surface area contributed by atoms with Crippen LogP contribution in [0.15, 0.2) is 17.2 Å². The van der Waals surface area contributed by atoms with E-state index in [2.05, 4.69) is 11.4 Å². The molecular formula is C9H14N2OS. The molecule has 2 heterocycles. The number of aliphatic hydroxyl groups is 1. The van der Waals surface area contributed by atoms with Gasteiger partial charge in [0.1, 0.15) is 6.10 Å². The molecule has 4 heteroatoms. The Balaban J connectivity index is 2.37. The number of hydrogen-bond donors (Lipinski definition) is 2. The van der Waals surface area contributed by atoms with E-state index in [4.69, 9.17) is 0 Å². The van der Waals surface area contributed by atoms with E-state index in [-0.39, 0.29) is 12.1 Å². The normalized spacial score (nSPS) is 27.3. The first-order valence-corrected chi connectivity index (χ1v) is 5.36. The lowest BCUT2D eigenvalue weighted by Gasteiger charge is -2.28. The average molecular weight is 198 g/mol. The van der Waals surface area contributed by atoms with Gasteiger partial charge in [-0.25, -0.2) is 0 Å². The maximum Gasteiger partial charge on any atom is 0.111 e. The molecule has 0 bridgehead atoms. The highest BCUT2D eigenvalue weighted by Crippen LogP contribution is 2.36. The fraction of sp³-hybridized carbons (Fsp3) is 0.556. The van der Waals surface area contributed by atoms with Crippen molar-refractivity contribution in [1.82, 2.24) is 9.88 Å². The zero-order chi connectivity index (χ0) is 9.42. The predicted molar refractivity (Wildman–Crippen MR) is 53.9 cm³/mol. The highest BCUT2D eigenvalue weighted by molar-refractivity contribution is 7.99. The van der Waals surface area contributed by atoms with Crippen molar-refractivity contribution in [1.29, 1.82) is 0 Å². The van der Waals surface area contributed by atoms with Gasteiger partial charge in [0.05, 0.1) is 5.69 Å². The minimum Gasteiger partial charge on any atom is -0.385 e. The summed E-state index contributed by atoms with van der Waals surface area (Å²) in [5.41, 5.74) is 1.04. The first-order valence-electron chi connectivity index (χ1n) is 4.37. The van der Waals surface area contributed by atoms with E-state index < -0.39 is 0 Å². The van der Waals surface area contributed by atoms with Crippen molar-refractivity contribution >= 4 is 11.8 Å². The van der Waals surface area contributed by atoms with Crippen LogP contribution >= 0.6 is 11.8 Å². The number of aryl methyl sites for hydroxylation is 1. The van der Waals surface area contributed by atoms with Gasteiger partial charge in [0.25, 0.3) is 0 Å². The SMILES string of the molecule is CNC1CSc2ccn(C)c2C1O. The van der Waals surface area contributed by atoms with Crippen LogP contribution in [0, 0.1) is 0 Å². The molecule has 1 aliphatic heterocycles. The van der Waals surface area contributed by atoms with Crippen LogP contribution in [0.3, 0.4) is 0 Å². The van der Waals surface area contributed by atoms with Crippen molar-refractivity contribution in [3.8, 4) is 0 Å². The third-order valence-corrected chi connectivity index (χ3v) is 3.71. The van der Waals surface area contributed by atoms with Crippen LogP contribution in [-0.2, 0) is 7.05 Å². The minimum absolute atomic E-state index is 0.172. The number of rotatable bonds is 1. The maximum absolute atomic E-state index is 9.99. The Hall–Kier alpha value is -0.450. The Morgan fingerprint density at radius 3 is 3.15 bits per heavy atom. The van der Waals surface area contributed by atoms with Crippen molar-refractivity contribution in [3.05, 3.63) is 18.0 Å². The van der Waals surface area contributed by atoms with Crippen LogP contribution < -0.4 is 5.32 Å². The van der Waals surface area contributed by atoms with Crippen molar-refractivity contribution in [2.24, 2.45) is 7.05 Å². The number of nitrogens with one attached hydrogen (secondary N) is 1. The lowest BCUT2D eigenvalue weighted by molar-refractivity contribution is 0.129. The molecule has 1 aromatic heterocycles. The summed E-state index contributed by atoms with van der Waals surface area (Å²) in [6, 6.07) is 2.24. The fourth-order valence-electron chi connectivity index (χ4n) is 1.70. The third-order valence-electron chi connectivity index (χ3n) is 2.53.